The minimum Gasteiger partial charge on any atom is -0.334 e. The van der Waals surface area contributed by atoms with Crippen LogP contribution in [0.5, 0.6) is 0 Å². The first-order valence-electron chi connectivity index (χ1n) is 5.98. The van der Waals surface area contributed by atoms with Gasteiger partial charge in [-0.15, -0.1) is 5.10 Å². The Bertz CT molecular complexity index is 405. The molecule has 1 aromatic rings. The molecule has 92 valence electrons. The summed E-state index contributed by atoms with van der Waals surface area (Å²) in [6, 6.07) is 0.685. The predicted molar refractivity (Wildman–Crippen MR) is 58.9 cm³/mol. The molecule has 3 heterocycles. The van der Waals surface area contributed by atoms with E-state index in [1.54, 1.807) is 0 Å². The summed E-state index contributed by atoms with van der Waals surface area (Å²) in [6.45, 7) is 4.30. The summed E-state index contributed by atoms with van der Waals surface area (Å²) >= 11 is 0. The van der Waals surface area contributed by atoms with Crippen LogP contribution >= 0.6 is 0 Å². The van der Waals surface area contributed by atoms with Crippen LogP contribution in [0.25, 0.3) is 0 Å². The molecule has 0 radical (unpaired) electrons. The van der Waals surface area contributed by atoms with Gasteiger partial charge in [-0.1, -0.05) is 0 Å². The number of carbonyl (C=O) groups excluding carboxylic acids is 1. The van der Waals surface area contributed by atoms with Crippen molar-refractivity contribution in [1.29, 1.82) is 0 Å². The maximum atomic E-state index is 12.2. The summed E-state index contributed by atoms with van der Waals surface area (Å²) in [4.78, 5) is 14.3. The van der Waals surface area contributed by atoms with Crippen LogP contribution in [0.2, 0.25) is 0 Å². The largest absolute Gasteiger partial charge is 0.334 e. The third kappa shape index (κ3) is 1.80. The van der Waals surface area contributed by atoms with E-state index in [9.17, 15) is 4.79 Å². The highest BCUT2D eigenvalue weighted by Crippen LogP contribution is 2.32. The molecule has 0 aromatic carbocycles. The molecule has 1 amide bonds. The van der Waals surface area contributed by atoms with Crippen molar-refractivity contribution in [2.24, 2.45) is 5.92 Å². The first-order valence-corrected chi connectivity index (χ1v) is 5.98. The number of amides is 1. The van der Waals surface area contributed by atoms with Crippen LogP contribution in [-0.4, -0.2) is 56.2 Å². The van der Waals surface area contributed by atoms with Crippen LogP contribution < -0.4 is 5.32 Å². The normalized spacial score (nSPS) is 31.8. The molecule has 0 saturated carbocycles. The van der Waals surface area contributed by atoms with Gasteiger partial charge in [0.1, 0.15) is 12.9 Å². The third-order valence-electron chi connectivity index (χ3n) is 3.76. The van der Waals surface area contributed by atoms with Crippen molar-refractivity contribution in [3.8, 4) is 0 Å². The molecule has 3 unspecified atom stereocenters. The van der Waals surface area contributed by atoms with E-state index in [1.165, 1.54) is 11.0 Å². The summed E-state index contributed by atoms with van der Waals surface area (Å²) < 4.78 is 1.48. The molecule has 7 heteroatoms. The molecule has 2 fully saturated rings. The number of hydrogen-bond donors (Lipinski definition) is 1. The maximum Gasteiger partial charge on any atom is 0.244 e. The average molecular weight is 236 g/mol. The molecule has 2 saturated heterocycles. The van der Waals surface area contributed by atoms with Gasteiger partial charge in [0.15, 0.2) is 0 Å². The molecular formula is C10H16N6O. The lowest BCUT2D eigenvalue weighted by atomic mass is 10.0. The first kappa shape index (κ1) is 10.6. The molecule has 0 spiro atoms. The Balaban J connectivity index is 1.72. The van der Waals surface area contributed by atoms with Gasteiger partial charge in [-0.25, -0.2) is 4.68 Å². The lowest BCUT2D eigenvalue weighted by molar-refractivity contribution is -0.134. The average Bonchev–Trinajstić information content (AvgIpc) is 2.93. The van der Waals surface area contributed by atoms with Gasteiger partial charge >= 0.3 is 0 Å². The minimum atomic E-state index is 0.112. The Kier molecular flexibility index (Phi) is 2.54. The van der Waals surface area contributed by atoms with Crippen molar-refractivity contribution >= 4 is 5.91 Å². The molecule has 0 bridgehead atoms. The Morgan fingerprint density at radius 1 is 1.53 bits per heavy atom. The number of nitrogens with zero attached hydrogens (tertiary/aromatic N) is 5. The highest BCUT2D eigenvalue weighted by atomic mass is 16.2. The number of aromatic nitrogens is 4. The van der Waals surface area contributed by atoms with Gasteiger partial charge in [0.05, 0.1) is 0 Å². The second-order valence-electron chi connectivity index (χ2n) is 4.88. The Labute approximate surface area is 99.2 Å². The molecule has 0 aliphatic carbocycles. The Hall–Kier alpha value is -1.50. The lowest BCUT2D eigenvalue weighted by Crippen LogP contribution is -2.44. The standard InChI is InChI=1S/C10H16N6O/c1-7-2-8-3-11-4-9(8)16(7)10(17)5-15-6-12-13-14-15/h6-9,11H,2-5H2,1H3. The predicted octanol–water partition coefficient (Wildman–Crippen LogP) is -1.12. The maximum absolute atomic E-state index is 12.2. The van der Waals surface area contributed by atoms with Gasteiger partial charge < -0.3 is 10.2 Å². The van der Waals surface area contributed by atoms with Crippen molar-refractivity contribution in [1.82, 2.24) is 30.4 Å². The minimum absolute atomic E-state index is 0.112. The number of rotatable bonds is 2. The summed E-state index contributed by atoms with van der Waals surface area (Å²) in [7, 11) is 0. The van der Waals surface area contributed by atoms with E-state index in [2.05, 4.69) is 27.8 Å². The van der Waals surface area contributed by atoms with Crippen LogP contribution in [0.4, 0.5) is 0 Å². The summed E-state index contributed by atoms with van der Waals surface area (Å²) in [5, 5.41) is 14.2. The molecule has 2 aliphatic rings. The number of fused-ring (bicyclic) bond motifs is 1. The second-order valence-corrected chi connectivity index (χ2v) is 4.88. The monoisotopic (exact) mass is 236 g/mol. The Morgan fingerprint density at radius 2 is 2.41 bits per heavy atom. The number of likely N-dealkylation sites (tertiary alicyclic amines) is 1. The van der Waals surface area contributed by atoms with Crippen molar-refractivity contribution in [3.63, 3.8) is 0 Å². The first-order chi connectivity index (χ1) is 8.25. The van der Waals surface area contributed by atoms with Crippen LogP contribution in [0, 0.1) is 5.92 Å². The molecule has 2 aliphatic heterocycles. The van der Waals surface area contributed by atoms with Crippen molar-refractivity contribution in [2.45, 2.75) is 32.0 Å². The zero-order valence-electron chi connectivity index (χ0n) is 9.78. The molecular weight excluding hydrogens is 220 g/mol. The van der Waals surface area contributed by atoms with E-state index < -0.39 is 0 Å². The second kappa shape index (κ2) is 4.06. The number of nitrogens with one attached hydrogen (secondary N) is 1. The summed E-state index contributed by atoms with van der Waals surface area (Å²) in [5.74, 6) is 0.726. The summed E-state index contributed by atoms with van der Waals surface area (Å²) in [5.41, 5.74) is 0. The highest BCUT2D eigenvalue weighted by Gasteiger charge is 2.43. The fourth-order valence-electron chi connectivity index (χ4n) is 3.07. The van der Waals surface area contributed by atoms with E-state index in [0.717, 1.165) is 19.5 Å². The Morgan fingerprint density at radius 3 is 3.18 bits per heavy atom. The van der Waals surface area contributed by atoms with Crippen LogP contribution in [0.1, 0.15) is 13.3 Å². The molecule has 3 atom stereocenters. The van der Waals surface area contributed by atoms with Crippen molar-refractivity contribution in [2.75, 3.05) is 13.1 Å². The zero-order valence-corrected chi connectivity index (χ0v) is 9.78. The quantitative estimate of drug-likeness (QED) is 0.704. The molecule has 17 heavy (non-hydrogen) atoms. The topological polar surface area (TPSA) is 75.9 Å². The van der Waals surface area contributed by atoms with Gasteiger partial charge in [-0.3, -0.25) is 4.79 Å². The fraction of sp³-hybridized carbons (Fsp3) is 0.800. The number of tetrazole rings is 1. The molecule has 1 aromatic heterocycles. The van der Waals surface area contributed by atoms with Gasteiger partial charge in [0.2, 0.25) is 5.91 Å². The van der Waals surface area contributed by atoms with E-state index >= 15 is 0 Å². The number of carbonyl (C=O) groups is 1. The van der Waals surface area contributed by atoms with E-state index in [4.69, 9.17) is 0 Å². The van der Waals surface area contributed by atoms with Gasteiger partial charge in [-0.2, -0.15) is 0 Å². The lowest BCUT2D eigenvalue weighted by Gasteiger charge is -2.27. The van der Waals surface area contributed by atoms with Crippen molar-refractivity contribution in [3.05, 3.63) is 6.33 Å². The van der Waals surface area contributed by atoms with Crippen LogP contribution in [-0.2, 0) is 11.3 Å². The van der Waals surface area contributed by atoms with Crippen molar-refractivity contribution < 1.29 is 4.79 Å². The van der Waals surface area contributed by atoms with Gasteiger partial charge in [0, 0.05) is 25.2 Å². The molecule has 1 N–H and O–H groups in total. The fourth-order valence-corrected chi connectivity index (χ4v) is 3.07. The van der Waals surface area contributed by atoms with Crippen LogP contribution in [0.15, 0.2) is 6.33 Å². The van der Waals surface area contributed by atoms with Gasteiger partial charge in [0.25, 0.3) is 0 Å². The van der Waals surface area contributed by atoms with Crippen LogP contribution in [0.3, 0.4) is 0 Å². The zero-order chi connectivity index (χ0) is 11.8. The molecule has 3 rings (SSSR count). The SMILES string of the molecule is CC1CC2CNCC2N1C(=O)Cn1cnnn1. The van der Waals surface area contributed by atoms with Gasteiger partial charge in [-0.05, 0) is 29.7 Å². The van der Waals surface area contributed by atoms with E-state index in [0.29, 0.717) is 18.0 Å². The van der Waals surface area contributed by atoms with E-state index in [-0.39, 0.29) is 12.5 Å². The highest BCUT2D eigenvalue weighted by molar-refractivity contribution is 5.77. The third-order valence-corrected chi connectivity index (χ3v) is 3.76. The number of hydrogen-bond acceptors (Lipinski definition) is 5. The smallest absolute Gasteiger partial charge is 0.244 e. The van der Waals surface area contributed by atoms with E-state index in [1.807, 2.05) is 4.90 Å². The summed E-state index contributed by atoms with van der Waals surface area (Å²) in [6.07, 6.45) is 2.57. The molecule has 7 nitrogen and oxygen atoms in total.